The van der Waals surface area contributed by atoms with Gasteiger partial charge in [0.25, 0.3) is 0 Å². The third-order valence-corrected chi connectivity index (χ3v) is 16.3. The van der Waals surface area contributed by atoms with Crippen LogP contribution in [0.1, 0.15) is 92.9 Å². The minimum atomic E-state index is -1.73. The van der Waals surface area contributed by atoms with Crippen LogP contribution in [-0.4, -0.2) is 177 Å². The van der Waals surface area contributed by atoms with Gasteiger partial charge in [-0.05, 0) is 89.9 Å². The monoisotopic (exact) mass is 898 g/mol. The Hall–Kier alpha value is -1.98. The van der Waals surface area contributed by atoms with Crippen molar-refractivity contribution < 1.29 is 88.3 Å². The minimum absolute atomic E-state index is 0.00329. The lowest BCUT2D eigenvalue weighted by atomic mass is 9.45. The molecule has 22 atom stereocenters. The highest BCUT2D eigenvalue weighted by Gasteiger charge is 2.71. The molecule has 63 heavy (non-hydrogen) atoms. The molecule has 3 aliphatic heterocycles. The molecule has 3 saturated heterocycles. The molecule has 3 saturated carbocycles. The summed E-state index contributed by atoms with van der Waals surface area (Å²) in [7, 11) is 1.51. The Morgan fingerprint density at radius 1 is 0.857 bits per heavy atom. The summed E-state index contributed by atoms with van der Waals surface area (Å²) >= 11 is 0. The average molecular weight is 899 g/mol. The van der Waals surface area contributed by atoms with Gasteiger partial charge in [0.15, 0.2) is 18.9 Å². The first kappa shape index (κ1) is 48.9. The Morgan fingerprint density at radius 2 is 1.52 bits per heavy atom. The zero-order valence-electron chi connectivity index (χ0n) is 37.4. The number of aliphatic hydroxyl groups is 8. The number of carbonyl (C=O) groups excluding carboxylic acids is 2. The second-order valence-corrected chi connectivity index (χ2v) is 19.5. The zero-order valence-corrected chi connectivity index (χ0v) is 37.4. The van der Waals surface area contributed by atoms with Crippen molar-refractivity contribution in [3.63, 3.8) is 0 Å². The van der Waals surface area contributed by atoms with Crippen molar-refractivity contribution in [2.24, 2.45) is 28.6 Å². The minimum Gasteiger partial charge on any atom is -0.458 e. The number of hydrogen-bond acceptors (Lipinski definition) is 18. The number of fused-ring (bicyclic) bond motifs is 5. The van der Waals surface area contributed by atoms with Gasteiger partial charge in [0, 0.05) is 30.4 Å². The van der Waals surface area contributed by atoms with E-state index in [1.165, 1.54) is 12.7 Å². The van der Waals surface area contributed by atoms with Crippen LogP contribution in [0, 0.1) is 28.6 Å². The number of ketones is 1. The quantitative estimate of drug-likeness (QED) is 0.0744. The van der Waals surface area contributed by atoms with E-state index in [0.29, 0.717) is 44.1 Å². The van der Waals surface area contributed by atoms with E-state index in [4.69, 9.17) is 37.9 Å². The highest BCUT2D eigenvalue weighted by atomic mass is 16.8. The van der Waals surface area contributed by atoms with E-state index in [9.17, 15) is 50.4 Å². The lowest BCUT2D eigenvalue weighted by molar-refractivity contribution is -0.354. The van der Waals surface area contributed by atoms with Crippen LogP contribution in [0.4, 0.5) is 0 Å². The van der Waals surface area contributed by atoms with E-state index in [0.717, 1.165) is 6.42 Å². The van der Waals surface area contributed by atoms with Crippen LogP contribution in [0.2, 0.25) is 0 Å². The first-order chi connectivity index (χ1) is 29.7. The highest BCUT2D eigenvalue weighted by molar-refractivity contribution is 5.88. The first-order valence-corrected chi connectivity index (χ1v) is 22.6. The zero-order chi connectivity index (χ0) is 45.9. The molecule has 18 nitrogen and oxygen atoms in total. The average Bonchev–Trinajstić information content (AvgIpc) is 3.55. The summed E-state index contributed by atoms with van der Waals surface area (Å²) in [4.78, 5) is 26.3. The molecule has 8 N–H and O–H groups in total. The predicted octanol–water partition coefficient (Wildman–Crippen LogP) is 0.302. The van der Waals surface area contributed by atoms with E-state index in [1.54, 1.807) is 33.8 Å². The fourth-order valence-corrected chi connectivity index (χ4v) is 12.3. The summed E-state index contributed by atoms with van der Waals surface area (Å²) in [5.74, 6) is -0.955. The molecule has 0 spiro atoms. The third-order valence-electron chi connectivity index (χ3n) is 16.3. The van der Waals surface area contributed by atoms with E-state index in [1.807, 2.05) is 6.92 Å². The van der Waals surface area contributed by atoms with Crippen molar-refractivity contribution in [3.8, 4) is 0 Å². The molecule has 0 amide bonds. The Kier molecular flexibility index (Phi) is 14.7. The predicted molar refractivity (Wildman–Crippen MR) is 218 cm³/mol. The Morgan fingerprint density at radius 3 is 2.17 bits per heavy atom. The summed E-state index contributed by atoms with van der Waals surface area (Å²) in [6.07, 6.45) is -10.7. The van der Waals surface area contributed by atoms with Crippen LogP contribution in [0.25, 0.3) is 0 Å². The van der Waals surface area contributed by atoms with E-state index >= 15 is 0 Å². The molecule has 358 valence electrons. The fraction of sp³-hybridized carbons (Fsp3) is 0.867. The molecule has 7 rings (SSSR count). The molecule has 0 aromatic carbocycles. The van der Waals surface area contributed by atoms with E-state index < -0.39 is 128 Å². The molecule has 6 fully saturated rings. The van der Waals surface area contributed by atoms with Gasteiger partial charge < -0.3 is 78.7 Å². The van der Waals surface area contributed by atoms with Crippen molar-refractivity contribution in [2.45, 2.75) is 197 Å². The van der Waals surface area contributed by atoms with Gasteiger partial charge in [-0.3, -0.25) is 4.79 Å². The summed E-state index contributed by atoms with van der Waals surface area (Å²) < 4.78 is 48.1. The molecule has 18 heteroatoms. The number of ether oxygens (including phenoxy) is 8. The molecule has 0 aromatic heterocycles. The molecular weight excluding hydrogens is 828 g/mol. The fourth-order valence-electron chi connectivity index (χ4n) is 12.3. The SMILES string of the molecule is C/C=C(\C)C(=O)O[C@@H]1C[C@H]2[C@@H](CC=C3C[C@@H](O[C@H]4C[C@H](OC)[C@H](O[C@@H]5O[C@H](CO[C@@H]6O[C@H](CO)[C@@H](O)[C@H](O)[C@H]6O)[C@@H](O)[C@H](O)[C@H]5O)[C@@H](C)O4)CC[C@@]32C)[C@@]2(O)CC[C@H](C(C)=O)[C@@]12C. The maximum atomic E-state index is 13.3. The molecule has 7 aliphatic rings. The number of allylic oxidation sites excluding steroid dienone is 2. The van der Waals surface area contributed by atoms with E-state index in [-0.39, 0.29) is 35.6 Å². The van der Waals surface area contributed by atoms with Gasteiger partial charge in [0.2, 0.25) is 0 Å². The summed E-state index contributed by atoms with van der Waals surface area (Å²) in [6, 6.07) is 0. The molecule has 0 unspecified atom stereocenters. The summed E-state index contributed by atoms with van der Waals surface area (Å²) in [6.45, 7) is 9.85. The number of methoxy groups -OCH3 is 1. The van der Waals surface area contributed by atoms with Crippen LogP contribution in [-0.2, 0) is 47.5 Å². The molecule has 0 aromatic rings. The van der Waals surface area contributed by atoms with Gasteiger partial charge >= 0.3 is 5.97 Å². The standard InChI is InChI=1S/C45H70O18/c1-8-20(2)40(54)62-31-16-27-26(45(55)14-12-25(21(3)47)44(31,45)6)10-9-23-15-24(11-13-43(23,27)5)59-32-17-28(56-7)39(22(4)58-32)63-42-38(53)36(51)34(49)30(61-42)19-57-41-37(52)35(50)33(48)29(18-46)60-41/h8-9,22,24-39,41-42,46,48-53,55H,10-19H2,1-7H3/b20-8+/t22-,24+,25-,26-,27+,28+,29-,30-,31-,32+,33-,34-,35+,36+,37-,38-,39-,41-,42+,43+,44+,45+/m1/s1. The second kappa shape index (κ2) is 19.0. The maximum absolute atomic E-state index is 13.3. The molecule has 3 heterocycles. The summed E-state index contributed by atoms with van der Waals surface area (Å²) in [5.41, 5.74) is -0.715. The third kappa shape index (κ3) is 8.63. The number of Topliss-reactive ketones (excluding diaryl/α,β-unsaturated/α-hetero) is 1. The van der Waals surface area contributed by atoms with Crippen LogP contribution in [0.3, 0.4) is 0 Å². The second-order valence-electron chi connectivity index (χ2n) is 19.5. The van der Waals surface area contributed by atoms with Gasteiger partial charge in [-0.15, -0.1) is 0 Å². The van der Waals surface area contributed by atoms with Crippen LogP contribution >= 0.6 is 0 Å². The highest BCUT2D eigenvalue weighted by Crippen LogP contribution is 2.68. The first-order valence-electron chi connectivity index (χ1n) is 22.6. The molecular formula is C45H70O18. The van der Waals surface area contributed by atoms with Crippen LogP contribution in [0.15, 0.2) is 23.3 Å². The smallest absolute Gasteiger partial charge is 0.333 e. The number of rotatable bonds is 12. The summed E-state index contributed by atoms with van der Waals surface area (Å²) in [5, 5.41) is 85.3. The van der Waals surface area contributed by atoms with Gasteiger partial charge in [-0.25, -0.2) is 4.79 Å². The van der Waals surface area contributed by atoms with Crippen molar-refractivity contribution in [1.29, 1.82) is 0 Å². The normalized spacial score (nSPS) is 50.2. The van der Waals surface area contributed by atoms with Gasteiger partial charge in [-0.1, -0.05) is 31.6 Å². The number of esters is 1. The topological polar surface area (TPSA) is 270 Å². The Balaban J connectivity index is 0.989. The molecule has 0 radical (unpaired) electrons. The molecule has 0 bridgehead atoms. The maximum Gasteiger partial charge on any atom is 0.333 e. The van der Waals surface area contributed by atoms with Crippen LogP contribution in [0.5, 0.6) is 0 Å². The number of hydrogen-bond donors (Lipinski definition) is 8. The number of carbonyl (C=O) groups is 2. The lowest BCUT2D eigenvalue weighted by Gasteiger charge is -2.63. The van der Waals surface area contributed by atoms with Crippen molar-refractivity contribution in [2.75, 3.05) is 20.3 Å². The van der Waals surface area contributed by atoms with Crippen molar-refractivity contribution >= 4 is 11.8 Å². The largest absolute Gasteiger partial charge is 0.458 e. The Labute approximate surface area is 368 Å². The van der Waals surface area contributed by atoms with Gasteiger partial charge in [-0.2, -0.15) is 0 Å². The van der Waals surface area contributed by atoms with Crippen molar-refractivity contribution in [3.05, 3.63) is 23.3 Å². The number of aliphatic hydroxyl groups excluding tert-OH is 7. The van der Waals surface area contributed by atoms with Gasteiger partial charge in [0.1, 0.15) is 66.8 Å². The van der Waals surface area contributed by atoms with E-state index in [2.05, 4.69) is 13.0 Å². The lowest BCUT2D eigenvalue weighted by Crippen LogP contribution is -2.66. The Bertz CT molecular complexity index is 1710. The van der Waals surface area contributed by atoms with Crippen LogP contribution < -0.4 is 0 Å². The van der Waals surface area contributed by atoms with Gasteiger partial charge in [0.05, 0.1) is 37.1 Å². The molecule has 4 aliphatic carbocycles. The van der Waals surface area contributed by atoms with Crippen molar-refractivity contribution in [1.82, 2.24) is 0 Å².